The Kier molecular flexibility index (Phi) is 4.84. The van der Waals surface area contributed by atoms with Gasteiger partial charge in [-0.2, -0.15) is 0 Å². The van der Waals surface area contributed by atoms with Crippen LogP contribution in [0.1, 0.15) is 58.3 Å². The monoisotopic (exact) mass is 238 g/mol. The first-order valence-corrected chi connectivity index (χ1v) is 7.27. The fourth-order valence-electron chi connectivity index (χ4n) is 3.05. The quantitative estimate of drug-likeness (QED) is 0.788. The van der Waals surface area contributed by atoms with Crippen molar-refractivity contribution in [2.45, 2.75) is 70.4 Å². The molecule has 0 aromatic carbocycles. The lowest BCUT2D eigenvalue weighted by atomic mass is 9.87. The van der Waals surface area contributed by atoms with Crippen LogP contribution in [0.25, 0.3) is 0 Å². The Bertz CT molecular complexity index is 241. The van der Waals surface area contributed by atoms with Gasteiger partial charge in [0.15, 0.2) is 0 Å². The zero-order valence-corrected chi connectivity index (χ0v) is 11.0. The summed E-state index contributed by atoms with van der Waals surface area (Å²) in [6.07, 6.45) is 9.98. The van der Waals surface area contributed by atoms with Gasteiger partial charge in [0.25, 0.3) is 0 Å². The van der Waals surface area contributed by atoms with Crippen molar-refractivity contribution in [3.63, 3.8) is 0 Å². The van der Waals surface area contributed by atoms with Gasteiger partial charge in [0, 0.05) is 12.1 Å². The molecule has 0 radical (unpaired) electrons. The maximum Gasteiger partial charge on any atom is 0.234 e. The number of carbonyl (C=O) groups is 1. The third-order valence-electron chi connectivity index (χ3n) is 4.29. The number of carbonyl (C=O) groups excluding carboxylic acids is 1. The normalized spacial score (nSPS) is 30.4. The molecule has 3 heteroatoms. The van der Waals surface area contributed by atoms with E-state index in [1.54, 1.807) is 0 Å². The van der Waals surface area contributed by atoms with Crippen LogP contribution in [0.4, 0.5) is 0 Å². The van der Waals surface area contributed by atoms with Gasteiger partial charge in [-0.25, -0.2) is 0 Å². The molecule has 2 saturated carbocycles. The second-order valence-corrected chi connectivity index (χ2v) is 5.89. The Balaban J connectivity index is 1.60. The van der Waals surface area contributed by atoms with E-state index in [1.165, 1.54) is 38.5 Å². The number of hydrogen-bond donors (Lipinski definition) is 2. The zero-order valence-electron chi connectivity index (χ0n) is 11.0. The van der Waals surface area contributed by atoms with Crippen molar-refractivity contribution in [3.8, 4) is 0 Å². The molecule has 0 aliphatic heterocycles. The molecule has 2 rings (SSSR count). The zero-order chi connectivity index (χ0) is 12.1. The highest BCUT2D eigenvalue weighted by Gasteiger charge is 2.20. The third kappa shape index (κ3) is 4.30. The maximum absolute atomic E-state index is 11.8. The Morgan fingerprint density at radius 2 is 1.65 bits per heavy atom. The smallest absolute Gasteiger partial charge is 0.234 e. The predicted molar refractivity (Wildman–Crippen MR) is 69.8 cm³/mol. The minimum Gasteiger partial charge on any atom is -0.352 e. The molecule has 2 N–H and O–H groups in total. The van der Waals surface area contributed by atoms with E-state index < -0.39 is 0 Å². The molecule has 0 aromatic heterocycles. The molecule has 0 heterocycles. The van der Waals surface area contributed by atoms with E-state index in [1.807, 2.05) is 0 Å². The lowest BCUT2D eigenvalue weighted by Crippen LogP contribution is -2.43. The molecule has 0 bridgehead atoms. The van der Waals surface area contributed by atoms with E-state index in [4.69, 9.17) is 0 Å². The van der Waals surface area contributed by atoms with Gasteiger partial charge < -0.3 is 10.6 Å². The van der Waals surface area contributed by atoms with E-state index in [9.17, 15) is 4.79 Å². The van der Waals surface area contributed by atoms with Gasteiger partial charge in [-0.15, -0.1) is 0 Å². The van der Waals surface area contributed by atoms with Gasteiger partial charge >= 0.3 is 0 Å². The topological polar surface area (TPSA) is 41.1 Å². The molecule has 0 spiro atoms. The first-order chi connectivity index (χ1) is 8.24. The first kappa shape index (κ1) is 12.9. The van der Waals surface area contributed by atoms with Crippen molar-refractivity contribution in [1.29, 1.82) is 0 Å². The van der Waals surface area contributed by atoms with Gasteiger partial charge in [-0.1, -0.05) is 19.8 Å². The minimum absolute atomic E-state index is 0.191. The van der Waals surface area contributed by atoms with E-state index >= 15 is 0 Å². The van der Waals surface area contributed by atoms with Crippen LogP contribution in [0, 0.1) is 5.92 Å². The first-order valence-electron chi connectivity index (χ1n) is 7.27. The standard InChI is InChI=1S/C14H26N2O/c1-11-6-8-13(9-7-11)16-14(17)10-15-12-4-2-3-5-12/h11-13,15H,2-10H2,1H3,(H,16,17). The lowest BCUT2D eigenvalue weighted by molar-refractivity contribution is -0.121. The summed E-state index contributed by atoms with van der Waals surface area (Å²) in [7, 11) is 0. The van der Waals surface area contributed by atoms with E-state index in [-0.39, 0.29) is 5.91 Å². The van der Waals surface area contributed by atoms with Crippen molar-refractivity contribution in [2.75, 3.05) is 6.54 Å². The second-order valence-electron chi connectivity index (χ2n) is 5.89. The molecular formula is C14H26N2O. The number of nitrogens with one attached hydrogen (secondary N) is 2. The van der Waals surface area contributed by atoms with Crippen LogP contribution in [-0.4, -0.2) is 24.5 Å². The maximum atomic E-state index is 11.8. The fourth-order valence-corrected chi connectivity index (χ4v) is 3.05. The Morgan fingerprint density at radius 3 is 2.29 bits per heavy atom. The third-order valence-corrected chi connectivity index (χ3v) is 4.29. The Labute approximate surface area is 105 Å². The van der Waals surface area contributed by atoms with Crippen molar-refractivity contribution < 1.29 is 4.79 Å². The van der Waals surface area contributed by atoms with Crippen molar-refractivity contribution in [3.05, 3.63) is 0 Å². The molecule has 0 unspecified atom stereocenters. The molecule has 98 valence electrons. The van der Waals surface area contributed by atoms with Crippen molar-refractivity contribution in [1.82, 2.24) is 10.6 Å². The highest BCUT2D eigenvalue weighted by molar-refractivity contribution is 5.78. The van der Waals surface area contributed by atoms with Gasteiger partial charge in [-0.3, -0.25) is 4.79 Å². The predicted octanol–water partition coefficient (Wildman–Crippen LogP) is 2.21. The van der Waals surface area contributed by atoms with Crippen LogP contribution < -0.4 is 10.6 Å². The minimum atomic E-state index is 0.191. The van der Waals surface area contributed by atoms with Gasteiger partial charge in [0.2, 0.25) is 5.91 Å². The van der Waals surface area contributed by atoms with E-state index in [0.717, 1.165) is 18.8 Å². The largest absolute Gasteiger partial charge is 0.352 e. The highest BCUT2D eigenvalue weighted by Crippen LogP contribution is 2.23. The summed E-state index contributed by atoms with van der Waals surface area (Å²) in [5, 5.41) is 6.53. The average molecular weight is 238 g/mol. The molecular weight excluding hydrogens is 212 g/mol. The Morgan fingerprint density at radius 1 is 1.00 bits per heavy atom. The molecule has 0 atom stereocenters. The van der Waals surface area contributed by atoms with Crippen LogP contribution in [0.3, 0.4) is 0 Å². The van der Waals surface area contributed by atoms with Gasteiger partial charge in [0.05, 0.1) is 6.54 Å². The summed E-state index contributed by atoms with van der Waals surface area (Å²) in [4.78, 5) is 11.8. The molecule has 0 aromatic rings. The van der Waals surface area contributed by atoms with E-state index in [0.29, 0.717) is 18.6 Å². The summed E-state index contributed by atoms with van der Waals surface area (Å²) in [5.74, 6) is 1.04. The van der Waals surface area contributed by atoms with E-state index in [2.05, 4.69) is 17.6 Å². The number of amides is 1. The molecule has 0 saturated heterocycles. The number of hydrogen-bond acceptors (Lipinski definition) is 2. The SMILES string of the molecule is CC1CCC(NC(=O)CNC2CCCC2)CC1. The summed E-state index contributed by atoms with van der Waals surface area (Å²) < 4.78 is 0. The molecule has 2 aliphatic carbocycles. The van der Waals surface area contributed by atoms with Crippen molar-refractivity contribution >= 4 is 5.91 Å². The second kappa shape index (κ2) is 6.39. The lowest BCUT2D eigenvalue weighted by Gasteiger charge is -2.27. The summed E-state index contributed by atoms with van der Waals surface area (Å²) >= 11 is 0. The van der Waals surface area contributed by atoms with Crippen LogP contribution >= 0.6 is 0 Å². The fraction of sp³-hybridized carbons (Fsp3) is 0.929. The van der Waals surface area contributed by atoms with Crippen LogP contribution in [-0.2, 0) is 4.79 Å². The highest BCUT2D eigenvalue weighted by atomic mass is 16.1. The van der Waals surface area contributed by atoms with Crippen molar-refractivity contribution in [2.24, 2.45) is 5.92 Å². The summed E-state index contributed by atoms with van der Waals surface area (Å²) in [6, 6.07) is 1.02. The molecule has 2 fully saturated rings. The summed E-state index contributed by atoms with van der Waals surface area (Å²) in [5.41, 5.74) is 0. The molecule has 17 heavy (non-hydrogen) atoms. The van der Waals surface area contributed by atoms with Gasteiger partial charge in [-0.05, 0) is 44.4 Å². The average Bonchev–Trinajstić information content (AvgIpc) is 2.83. The molecule has 1 amide bonds. The molecule has 2 aliphatic rings. The molecule has 3 nitrogen and oxygen atoms in total. The summed E-state index contributed by atoms with van der Waals surface area (Å²) in [6.45, 7) is 2.82. The van der Waals surface area contributed by atoms with Crippen LogP contribution in [0.5, 0.6) is 0 Å². The van der Waals surface area contributed by atoms with Gasteiger partial charge in [0.1, 0.15) is 0 Å². The Hall–Kier alpha value is -0.570. The number of rotatable bonds is 4. The van der Waals surface area contributed by atoms with Crippen LogP contribution in [0.15, 0.2) is 0 Å². The van der Waals surface area contributed by atoms with Crippen LogP contribution in [0.2, 0.25) is 0 Å².